The quantitative estimate of drug-likeness (QED) is 0.552. The molecule has 0 aliphatic heterocycles. The van der Waals surface area contributed by atoms with Crippen LogP contribution < -0.4 is 14.8 Å². The molecule has 0 saturated heterocycles. The molecule has 0 bridgehead atoms. The van der Waals surface area contributed by atoms with Gasteiger partial charge in [0.05, 0.1) is 31.9 Å². The maximum Gasteiger partial charge on any atom is 0.228 e. The molecule has 0 saturated carbocycles. The lowest BCUT2D eigenvalue weighted by molar-refractivity contribution is -0.115. The summed E-state index contributed by atoms with van der Waals surface area (Å²) in [6, 6.07) is 16.8. The second kappa shape index (κ2) is 7.83. The monoisotopic (exact) mass is 401 g/mol. The molecule has 3 aromatic rings. The van der Waals surface area contributed by atoms with Gasteiger partial charge in [0.15, 0.2) is 11.6 Å². The van der Waals surface area contributed by atoms with Crippen molar-refractivity contribution in [3.63, 3.8) is 0 Å². The van der Waals surface area contributed by atoms with Crippen LogP contribution in [0.1, 0.15) is 37.4 Å². The summed E-state index contributed by atoms with van der Waals surface area (Å²) in [4.78, 5) is 38.6. The zero-order valence-electron chi connectivity index (χ0n) is 16.5. The Morgan fingerprint density at radius 3 is 2.23 bits per heavy atom. The Hall–Kier alpha value is -3.93. The fourth-order valence-corrected chi connectivity index (χ4v) is 3.61. The Labute approximate surface area is 173 Å². The third-order valence-electron chi connectivity index (χ3n) is 5.07. The maximum atomic E-state index is 13.0. The van der Waals surface area contributed by atoms with E-state index in [4.69, 9.17) is 9.47 Å². The van der Waals surface area contributed by atoms with Crippen molar-refractivity contribution in [2.45, 2.75) is 6.42 Å². The van der Waals surface area contributed by atoms with Crippen molar-refractivity contribution < 1.29 is 23.9 Å². The summed E-state index contributed by atoms with van der Waals surface area (Å²) < 4.78 is 10.5. The fourth-order valence-electron chi connectivity index (χ4n) is 3.61. The zero-order valence-corrected chi connectivity index (χ0v) is 16.5. The van der Waals surface area contributed by atoms with Crippen molar-refractivity contribution in [2.75, 3.05) is 19.5 Å². The summed E-state index contributed by atoms with van der Waals surface area (Å²) in [5.74, 6) is 0.313. The number of fused-ring (bicyclic) bond motifs is 2. The summed E-state index contributed by atoms with van der Waals surface area (Å²) in [7, 11) is 3.07. The molecule has 6 heteroatoms. The van der Waals surface area contributed by atoms with Crippen LogP contribution in [-0.2, 0) is 11.2 Å². The number of rotatable bonds is 5. The van der Waals surface area contributed by atoms with Gasteiger partial charge in [-0.05, 0) is 12.1 Å². The minimum absolute atomic E-state index is 0.0373. The van der Waals surface area contributed by atoms with Gasteiger partial charge >= 0.3 is 0 Å². The molecular formula is C24H19NO5. The standard InChI is InChI=1S/C24H19NO5/c1-29-15-11-10-14(20(13-15)30-2)12-21(26)25-19-9-5-8-18-22(19)24(28)17-7-4-3-6-16(17)23(18)27/h3-11,13H,12H2,1-2H3,(H,25,26). The average Bonchev–Trinajstić information content (AvgIpc) is 2.77. The number of nitrogens with one attached hydrogen (secondary N) is 1. The number of ketones is 2. The van der Waals surface area contributed by atoms with Crippen LogP contribution in [0.15, 0.2) is 60.7 Å². The molecule has 0 fully saturated rings. The lowest BCUT2D eigenvalue weighted by Gasteiger charge is -2.20. The van der Waals surface area contributed by atoms with Crippen LogP contribution >= 0.6 is 0 Å². The van der Waals surface area contributed by atoms with Gasteiger partial charge in [-0.2, -0.15) is 0 Å². The molecule has 0 unspecified atom stereocenters. The predicted molar refractivity (Wildman–Crippen MR) is 112 cm³/mol. The second-order valence-electron chi connectivity index (χ2n) is 6.83. The van der Waals surface area contributed by atoms with Crippen LogP contribution in [0.5, 0.6) is 11.5 Å². The average molecular weight is 401 g/mol. The molecule has 1 aliphatic carbocycles. The first kappa shape index (κ1) is 19.4. The van der Waals surface area contributed by atoms with E-state index in [1.54, 1.807) is 67.8 Å². The van der Waals surface area contributed by atoms with Crippen LogP contribution in [0.4, 0.5) is 5.69 Å². The fraction of sp³-hybridized carbons (Fsp3) is 0.125. The number of carbonyl (C=O) groups excluding carboxylic acids is 3. The molecule has 1 aliphatic rings. The van der Waals surface area contributed by atoms with Crippen molar-refractivity contribution in [2.24, 2.45) is 0 Å². The summed E-state index contributed by atoms with van der Waals surface area (Å²) in [6.07, 6.45) is 0.0373. The van der Waals surface area contributed by atoms with E-state index in [2.05, 4.69) is 5.32 Å². The molecule has 1 N–H and O–H groups in total. The molecule has 0 radical (unpaired) electrons. The highest BCUT2D eigenvalue weighted by molar-refractivity contribution is 6.30. The smallest absolute Gasteiger partial charge is 0.228 e. The highest BCUT2D eigenvalue weighted by Gasteiger charge is 2.31. The molecule has 0 atom stereocenters. The van der Waals surface area contributed by atoms with Crippen molar-refractivity contribution >= 4 is 23.2 Å². The normalized spacial score (nSPS) is 12.1. The number of anilines is 1. The molecule has 0 spiro atoms. The Bertz CT molecular complexity index is 1180. The second-order valence-corrected chi connectivity index (χ2v) is 6.83. The van der Waals surface area contributed by atoms with Crippen LogP contribution in [0.2, 0.25) is 0 Å². The molecule has 30 heavy (non-hydrogen) atoms. The molecule has 1 amide bonds. The molecular weight excluding hydrogens is 382 g/mol. The molecule has 6 nitrogen and oxygen atoms in total. The lowest BCUT2D eigenvalue weighted by Crippen LogP contribution is -2.24. The summed E-state index contributed by atoms with van der Waals surface area (Å²) >= 11 is 0. The number of ether oxygens (including phenoxy) is 2. The van der Waals surface area contributed by atoms with Gasteiger partial charge in [-0.25, -0.2) is 0 Å². The maximum absolute atomic E-state index is 13.0. The van der Waals surface area contributed by atoms with E-state index in [9.17, 15) is 14.4 Å². The summed E-state index contributed by atoms with van der Waals surface area (Å²) in [6.45, 7) is 0. The van der Waals surface area contributed by atoms with Gasteiger partial charge in [-0.15, -0.1) is 0 Å². The van der Waals surface area contributed by atoms with E-state index in [-0.39, 0.29) is 29.5 Å². The highest BCUT2D eigenvalue weighted by atomic mass is 16.5. The van der Waals surface area contributed by atoms with Crippen molar-refractivity contribution in [3.05, 3.63) is 88.5 Å². The number of hydrogen-bond donors (Lipinski definition) is 1. The van der Waals surface area contributed by atoms with Gasteiger partial charge in [0.25, 0.3) is 0 Å². The SMILES string of the molecule is COc1ccc(CC(=O)Nc2cccc3c2C(=O)c2ccccc2C3=O)c(OC)c1. The summed E-state index contributed by atoms with van der Waals surface area (Å²) in [5, 5.41) is 2.78. The third-order valence-corrected chi connectivity index (χ3v) is 5.07. The molecule has 3 aromatic carbocycles. The number of hydrogen-bond acceptors (Lipinski definition) is 5. The van der Waals surface area contributed by atoms with Gasteiger partial charge in [-0.1, -0.05) is 42.5 Å². The van der Waals surface area contributed by atoms with Crippen molar-refractivity contribution in [1.29, 1.82) is 0 Å². The van der Waals surface area contributed by atoms with Gasteiger partial charge < -0.3 is 14.8 Å². The van der Waals surface area contributed by atoms with E-state index in [1.165, 1.54) is 7.11 Å². The number of methoxy groups -OCH3 is 2. The van der Waals surface area contributed by atoms with Crippen molar-refractivity contribution in [3.8, 4) is 11.5 Å². The van der Waals surface area contributed by atoms with E-state index in [1.807, 2.05) is 0 Å². The van der Waals surface area contributed by atoms with Gasteiger partial charge in [0, 0.05) is 28.3 Å². The largest absolute Gasteiger partial charge is 0.497 e. The Kier molecular flexibility index (Phi) is 5.06. The third kappa shape index (κ3) is 3.33. The molecule has 150 valence electrons. The Morgan fingerprint density at radius 1 is 0.833 bits per heavy atom. The van der Waals surface area contributed by atoms with Crippen LogP contribution in [-0.4, -0.2) is 31.7 Å². The van der Waals surface area contributed by atoms with Crippen LogP contribution in [0, 0.1) is 0 Å². The van der Waals surface area contributed by atoms with Gasteiger partial charge in [-0.3, -0.25) is 14.4 Å². The predicted octanol–water partition coefficient (Wildman–Crippen LogP) is 3.66. The van der Waals surface area contributed by atoms with Gasteiger partial charge in [0.1, 0.15) is 11.5 Å². The first-order valence-corrected chi connectivity index (χ1v) is 9.35. The minimum atomic E-state index is -0.328. The molecule has 4 rings (SSSR count). The Balaban J connectivity index is 1.63. The molecule has 0 aromatic heterocycles. The van der Waals surface area contributed by atoms with Crippen LogP contribution in [0.25, 0.3) is 0 Å². The number of amides is 1. The van der Waals surface area contributed by atoms with Crippen LogP contribution in [0.3, 0.4) is 0 Å². The number of carbonyl (C=O) groups is 3. The highest BCUT2D eigenvalue weighted by Crippen LogP contribution is 2.32. The van der Waals surface area contributed by atoms with E-state index >= 15 is 0 Å². The zero-order chi connectivity index (χ0) is 21.3. The first-order chi connectivity index (χ1) is 14.5. The summed E-state index contributed by atoms with van der Waals surface area (Å²) in [5.41, 5.74) is 2.22. The van der Waals surface area contributed by atoms with E-state index in [0.29, 0.717) is 39.4 Å². The first-order valence-electron chi connectivity index (χ1n) is 9.35. The lowest BCUT2D eigenvalue weighted by atomic mass is 9.83. The molecule has 0 heterocycles. The topological polar surface area (TPSA) is 81.7 Å². The van der Waals surface area contributed by atoms with E-state index in [0.717, 1.165) is 0 Å². The van der Waals surface area contributed by atoms with E-state index < -0.39 is 0 Å². The Morgan fingerprint density at radius 2 is 1.53 bits per heavy atom. The number of benzene rings is 3. The van der Waals surface area contributed by atoms with Gasteiger partial charge in [0.2, 0.25) is 5.91 Å². The van der Waals surface area contributed by atoms with Crippen molar-refractivity contribution in [1.82, 2.24) is 0 Å². The minimum Gasteiger partial charge on any atom is -0.497 e.